The van der Waals surface area contributed by atoms with Gasteiger partial charge < -0.3 is 14.2 Å². The largest absolute Gasteiger partial charge is 0.462 e. The van der Waals surface area contributed by atoms with Crippen LogP contribution in [0.1, 0.15) is 297 Å². The van der Waals surface area contributed by atoms with E-state index >= 15 is 0 Å². The maximum Gasteiger partial charge on any atom is 0.306 e. The normalized spacial score (nSPS) is 13.1. The Balaban J connectivity index is 4.37. The zero-order valence-electron chi connectivity index (χ0n) is 53.2. The van der Waals surface area contributed by atoms with Gasteiger partial charge in [0.15, 0.2) is 6.10 Å². The molecule has 0 aromatic heterocycles. The highest BCUT2D eigenvalue weighted by atomic mass is 16.6. The summed E-state index contributed by atoms with van der Waals surface area (Å²) in [6.45, 7) is 6.40. The molecule has 82 heavy (non-hydrogen) atoms. The fourth-order valence-electron chi connectivity index (χ4n) is 9.10. The molecular formula is C76H124O6. The minimum absolute atomic E-state index is 0.0949. The van der Waals surface area contributed by atoms with Gasteiger partial charge in [-0.2, -0.15) is 0 Å². The zero-order chi connectivity index (χ0) is 59.2. The molecule has 0 rings (SSSR count). The quantitative estimate of drug-likeness (QED) is 0.0261. The molecule has 0 saturated carbocycles. The monoisotopic (exact) mass is 1130 g/mol. The molecule has 0 bridgehead atoms. The Hall–Kier alpha value is -4.71. The van der Waals surface area contributed by atoms with Gasteiger partial charge in [-0.3, -0.25) is 14.4 Å². The number of esters is 3. The third kappa shape index (κ3) is 66.1. The van der Waals surface area contributed by atoms with Crippen molar-refractivity contribution in [3.05, 3.63) is 146 Å². The molecule has 0 saturated heterocycles. The summed E-state index contributed by atoms with van der Waals surface area (Å²) in [5.74, 6) is -0.929. The third-order valence-corrected chi connectivity index (χ3v) is 14.1. The first-order valence-electron chi connectivity index (χ1n) is 33.8. The van der Waals surface area contributed by atoms with E-state index in [4.69, 9.17) is 14.2 Å². The van der Waals surface area contributed by atoms with Gasteiger partial charge in [0.1, 0.15) is 13.2 Å². The van der Waals surface area contributed by atoms with Crippen LogP contribution in [0.4, 0.5) is 0 Å². The van der Waals surface area contributed by atoms with Crippen molar-refractivity contribution in [1.82, 2.24) is 0 Å². The van der Waals surface area contributed by atoms with Gasteiger partial charge in [0, 0.05) is 19.3 Å². The van der Waals surface area contributed by atoms with Crippen molar-refractivity contribution in [3.63, 3.8) is 0 Å². The fraction of sp³-hybridized carbons (Fsp3) is 0.645. The van der Waals surface area contributed by atoms with Crippen LogP contribution in [0.3, 0.4) is 0 Å². The van der Waals surface area contributed by atoms with E-state index in [1.54, 1.807) is 0 Å². The lowest BCUT2D eigenvalue weighted by Crippen LogP contribution is -2.30. The summed E-state index contributed by atoms with van der Waals surface area (Å²) in [6, 6.07) is 0. The number of allylic oxidation sites excluding steroid dienone is 24. The van der Waals surface area contributed by atoms with Crippen LogP contribution in [0, 0.1) is 0 Å². The number of unbranched alkanes of at least 4 members (excludes halogenated alkanes) is 25. The predicted molar refractivity (Wildman–Crippen MR) is 357 cm³/mol. The lowest BCUT2D eigenvalue weighted by molar-refractivity contribution is -0.167. The summed E-state index contributed by atoms with van der Waals surface area (Å²) in [5.41, 5.74) is 0. The highest BCUT2D eigenvalue weighted by Crippen LogP contribution is 2.16. The van der Waals surface area contributed by atoms with Crippen LogP contribution in [0.25, 0.3) is 0 Å². The Morgan fingerprint density at radius 2 is 0.476 bits per heavy atom. The number of carbonyl (C=O) groups is 3. The molecule has 0 spiro atoms. The summed E-state index contributed by atoms with van der Waals surface area (Å²) in [5, 5.41) is 0. The molecule has 6 heteroatoms. The first-order chi connectivity index (χ1) is 40.5. The number of hydrogen-bond donors (Lipinski definition) is 0. The van der Waals surface area contributed by atoms with Gasteiger partial charge in [-0.25, -0.2) is 0 Å². The Morgan fingerprint density at radius 1 is 0.256 bits per heavy atom. The highest BCUT2D eigenvalue weighted by Gasteiger charge is 2.19. The lowest BCUT2D eigenvalue weighted by Gasteiger charge is -2.18. The van der Waals surface area contributed by atoms with Crippen molar-refractivity contribution in [2.24, 2.45) is 0 Å². The summed E-state index contributed by atoms with van der Waals surface area (Å²) in [6.07, 6.45) is 98.6. The summed E-state index contributed by atoms with van der Waals surface area (Å²) >= 11 is 0. The Kier molecular flexibility index (Phi) is 64.8. The summed E-state index contributed by atoms with van der Waals surface area (Å²) < 4.78 is 16.9. The van der Waals surface area contributed by atoms with E-state index in [-0.39, 0.29) is 37.5 Å². The summed E-state index contributed by atoms with van der Waals surface area (Å²) in [4.78, 5) is 38.4. The third-order valence-electron chi connectivity index (χ3n) is 14.1. The average Bonchev–Trinajstić information content (AvgIpc) is 3.47. The van der Waals surface area contributed by atoms with E-state index in [0.29, 0.717) is 12.8 Å². The number of carbonyl (C=O) groups excluding carboxylic acids is 3. The van der Waals surface area contributed by atoms with E-state index in [9.17, 15) is 14.4 Å². The van der Waals surface area contributed by atoms with Crippen molar-refractivity contribution in [2.45, 2.75) is 303 Å². The minimum atomic E-state index is -0.803. The van der Waals surface area contributed by atoms with Gasteiger partial charge in [-0.1, -0.05) is 301 Å². The highest BCUT2D eigenvalue weighted by molar-refractivity contribution is 5.71. The molecule has 0 aliphatic carbocycles. The second kappa shape index (κ2) is 68.8. The molecule has 0 fully saturated rings. The maximum absolute atomic E-state index is 12.9. The molecule has 1 atom stereocenters. The minimum Gasteiger partial charge on any atom is -0.462 e. The molecule has 464 valence electrons. The van der Waals surface area contributed by atoms with Crippen molar-refractivity contribution in [3.8, 4) is 0 Å². The second-order valence-electron chi connectivity index (χ2n) is 22.0. The smallest absolute Gasteiger partial charge is 0.306 e. The molecule has 0 radical (unpaired) electrons. The van der Waals surface area contributed by atoms with Crippen LogP contribution in [0.15, 0.2) is 146 Å². The van der Waals surface area contributed by atoms with Crippen molar-refractivity contribution >= 4 is 17.9 Å². The van der Waals surface area contributed by atoms with Gasteiger partial charge in [0.05, 0.1) is 0 Å². The first kappa shape index (κ1) is 77.3. The van der Waals surface area contributed by atoms with E-state index in [1.165, 1.54) is 109 Å². The van der Waals surface area contributed by atoms with Crippen LogP contribution in [-0.2, 0) is 28.6 Å². The average molecular weight is 1130 g/mol. The first-order valence-corrected chi connectivity index (χ1v) is 33.8. The molecule has 0 aliphatic rings. The van der Waals surface area contributed by atoms with Crippen LogP contribution < -0.4 is 0 Å². The molecule has 6 nitrogen and oxygen atoms in total. The van der Waals surface area contributed by atoms with Gasteiger partial charge >= 0.3 is 17.9 Å². The Labute approximate surface area is 506 Å². The molecule has 0 aromatic rings. The van der Waals surface area contributed by atoms with Crippen LogP contribution in [0.5, 0.6) is 0 Å². The number of ether oxygens (including phenoxy) is 3. The van der Waals surface area contributed by atoms with Crippen LogP contribution in [-0.4, -0.2) is 37.2 Å². The van der Waals surface area contributed by atoms with E-state index in [2.05, 4.69) is 167 Å². The molecule has 0 N–H and O–H groups in total. The van der Waals surface area contributed by atoms with Gasteiger partial charge in [0.25, 0.3) is 0 Å². The maximum atomic E-state index is 12.9. The summed E-state index contributed by atoms with van der Waals surface area (Å²) in [7, 11) is 0. The molecule has 0 aliphatic heterocycles. The van der Waals surface area contributed by atoms with E-state index in [0.717, 1.165) is 148 Å². The van der Waals surface area contributed by atoms with Gasteiger partial charge in [0.2, 0.25) is 0 Å². The number of rotatable bonds is 60. The fourth-order valence-corrected chi connectivity index (χ4v) is 9.10. The number of hydrogen-bond acceptors (Lipinski definition) is 6. The SMILES string of the molecule is CC/C=C\C/C=C\C/C=C\C/C=C\C/C=C\C/C=C\C/C=C\CCCCCCCCCCCC(=O)OCC(COC(=O)CCCCCCCCCCCCCCCC)OC(=O)CCCCC/C=C\C/C=C\C/C=C\C/C=C\C/C=C\CC. The van der Waals surface area contributed by atoms with Crippen molar-refractivity contribution in [1.29, 1.82) is 0 Å². The zero-order valence-corrected chi connectivity index (χ0v) is 53.2. The van der Waals surface area contributed by atoms with Crippen molar-refractivity contribution < 1.29 is 28.6 Å². The molecule has 0 aromatic carbocycles. The molecule has 0 heterocycles. The van der Waals surface area contributed by atoms with Crippen molar-refractivity contribution in [2.75, 3.05) is 13.2 Å². The topological polar surface area (TPSA) is 78.9 Å². The standard InChI is InChI=1S/C76H124O6/c1-4-7-10-13-16-19-22-25-28-30-32-33-34-35-36-37-38-39-40-41-42-43-45-46-48-51-54-57-60-63-66-69-75(78)81-72-73(71-80-74(77)68-65-62-59-56-53-50-27-24-21-18-15-12-9-6-3)82-76(79)70-67-64-61-58-55-52-49-47-44-31-29-26-23-20-17-14-11-8-5-2/h7-8,10-11,16-17,19-20,25-26,28-29,32-33,35-36,38-39,41-42,44,47,52,55,73H,4-6,9,12-15,18,21-24,27,30-31,34,37,40,43,45-46,48-51,53-54,56-72H2,1-3H3/b10-7-,11-8-,19-16-,20-17-,28-25-,29-26-,33-32-,36-35-,39-38-,42-41-,47-44-,55-52-. The Bertz CT molecular complexity index is 1780. The van der Waals surface area contributed by atoms with E-state index < -0.39 is 6.10 Å². The second-order valence-corrected chi connectivity index (χ2v) is 22.0. The Morgan fingerprint density at radius 3 is 0.756 bits per heavy atom. The van der Waals surface area contributed by atoms with Crippen LogP contribution >= 0.6 is 0 Å². The van der Waals surface area contributed by atoms with Gasteiger partial charge in [-0.15, -0.1) is 0 Å². The molecule has 0 amide bonds. The van der Waals surface area contributed by atoms with Gasteiger partial charge in [-0.05, 0) is 122 Å². The molecule has 1 unspecified atom stereocenters. The molecular weight excluding hydrogens is 1010 g/mol. The van der Waals surface area contributed by atoms with E-state index in [1.807, 2.05) is 0 Å². The lowest BCUT2D eigenvalue weighted by atomic mass is 10.0. The predicted octanol–water partition coefficient (Wildman–Crippen LogP) is 23.5. The van der Waals surface area contributed by atoms with Crippen LogP contribution in [0.2, 0.25) is 0 Å².